The molecule has 0 spiro atoms. The van der Waals surface area contributed by atoms with Gasteiger partial charge in [-0.1, -0.05) is 6.42 Å². The molecule has 0 atom stereocenters. The molecule has 1 amide bonds. The molecule has 0 aromatic rings. The number of hydrogen-bond acceptors (Lipinski definition) is 2. The van der Waals surface area contributed by atoms with Crippen LogP contribution < -0.4 is 0 Å². The van der Waals surface area contributed by atoms with E-state index in [9.17, 15) is 4.79 Å². The Kier molecular flexibility index (Phi) is 2.40. The first-order chi connectivity index (χ1) is 6.27. The molecule has 13 heavy (non-hydrogen) atoms. The van der Waals surface area contributed by atoms with Gasteiger partial charge in [-0.25, -0.2) is 4.79 Å². The van der Waals surface area contributed by atoms with Crippen molar-refractivity contribution in [2.75, 3.05) is 26.2 Å². The molecule has 0 aromatic heterocycles. The van der Waals surface area contributed by atoms with E-state index in [1.165, 1.54) is 24.2 Å². The van der Waals surface area contributed by atoms with Crippen LogP contribution in [0.5, 0.6) is 0 Å². The summed E-state index contributed by atoms with van der Waals surface area (Å²) >= 11 is 0. The number of carboxylic acid groups (broad SMARTS) is 1. The van der Waals surface area contributed by atoms with Crippen LogP contribution in [0.3, 0.4) is 0 Å². The average Bonchev–Trinajstić information content (AvgIpc) is 2.02. The number of hydrogen-bond donors (Lipinski definition) is 1. The first-order valence-electron chi connectivity index (χ1n) is 4.99. The van der Waals surface area contributed by atoms with Crippen molar-refractivity contribution < 1.29 is 9.90 Å². The fourth-order valence-electron chi connectivity index (χ4n) is 2.13. The van der Waals surface area contributed by atoms with E-state index in [1.807, 2.05) is 0 Å². The van der Waals surface area contributed by atoms with Crippen molar-refractivity contribution in [3.05, 3.63) is 0 Å². The van der Waals surface area contributed by atoms with Crippen LogP contribution in [-0.4, -0.2) is 53.2 Å². The zero-order valence-electron chi connectivity index (χ0n) is 7.78. The molecule has 0 bridgehead atoms. The lowest BCUT2D eigenvalue weighted by Crippen LogP contribution is -2.61. The summed E-state index contributed by atoms with van der Waals surface area (Å²) < 4.78 is 0. The van der Waals surface area contributed by atoms with Gasteiger partial charge in [0.25, 0.3) is 0 Å². The number of carbonyl (C=O) groups is 1. The van der Waals surface area contributed by atoms with Crippen LogP contribution >= 0.6 is 0 Å². The molecule has 2 rings (SSSR count). The Hall–Kier alpha value is -0.770. The van der Waals surface area contributed by atoms with E-state index < -0.39 is 6.09 Å². The summed E-state index contributed by atoms with van der Waals surface area (Å²) in [5.74, 6) is 0. The summed E-state index contributed by atoms with van der Waals surface area (Å²) in [6, 6.07) is 0.511. The number of amides is 1. The Bertz CT molecular complexity index is 196. The van der Waals surface area contributed by atoms with Gasteiger partial charge in [-0.3, -0.25) is 4.90 Å². The van der Waals surface area contributed by atoms with Crippen molar-refractivity contribution in [1.82, 2.24) is 9.80 Å². The molecule has 0 aromatic carbocycles. The van der Waals surface area contributed by atoms with Crippen molar-refractivity contribution in [3.8, 4) is 0 Å². The third-order valence-corrected chi connectivity index (χ3v) is 3.04. The fourth-order valence-corrected chi connectivity index (χ4v) is 2.13. The molecule has 0 radical (unpaired) electrons. The summed E-state index contributed by atoms with van der Waals surface area (Å²) in [5, 5.41) is 8.66. The zero-order valence-corrected chi connectivity index (χ0v) is 7.78. The minimum absolute atomic E-state index is 0.511. The predicted octanol–water partition coefficient (Wildman–Crippen LogP) is 0.835. The first kappa shape index (κ1) is 8.81. The van der Waals surface area contributed by atoms with Crippen LogP contribution in [0.4, 0.5) is 4.79 Å². The van der Waals surface area contributed by atoms with E-state index in [-0.39, 0.29) is 0 Å². The number of piperidine rings is 1. The van der Waals surface area contributed by atoms with E-state index in [2.05, 4.69) is 4.90 Å². The number of rotatable bonds is 1. The molecule has 0 unspecified atom stereocenters. The maximum Gasteiger partial charge on any atom is 0.407 e. The number of likely N-dealkylation sites (tertiary alicyclic amines) is 2. The van der Waals surface area contributed by atoms with Gasteiger partial charge in [-0.2, -0.15) is 0 Å². The summed E-state index contributed by atoms with van der Waals surface area (Å²) in [6.45, 7) is 3.76. The Labute approximate surface area is 78.1 Å². The summed E-state index contributed by atoms with van der Waals surface area (Å²) in [7, 11) is 0. The van der Waals surface area contributed by atoms with Crippen molar-refractivity contribution in [1.29, 1.82) is 0 Å². The highest BCUT2D eigenvalue weighted by Crippen LogP contribution is 2.19. The van der Waals surface area contributed by atoms with Gasteiger partial charge in [-0.15, -0.1) is 0 Å². The average molecular weight is 184 g/mol. The predicted molar refractivity (Wildman–Crippen MR) is 48.8 cm³/mol. The second-order valence-electron chi connectivity index (χ2n) is 3.94. The Morgan fingerprint density at radius 1 is 1.15 bits per heavy atom. The molecule has 2 heterocycles. The number of nitrogens with zero attached hydrogens (tertiary/aromatic N) is 2. The minimum atomic E-state index is -0.770. The second-order valence-corrected chi connectivity index (χ2v) is 3.94. The highest BCUT2D eigenvalue weighted by Gasteiger charge is 2.34. The summed E-state index contributed by atoms with van der Waals surface area (Å²) in [6.07, 6.45) is 3.13. The minimum Gasteiger partial charge on any atom is -0.465 e. The van der Waals surface area contributed by atoms with E-state index in [4.69, 9.17) is 5.11 Å². The summed E-state index contributed by atoms with van der Waals surface area (Å²) in [4.78, 5) is 14.4. The maximum absolute atomic E-state index is 10.5. The van der Waals surface area contributed by atoms with Crippen LogP contribution in [0.25, 0.3) is 0 Å². The lowest BCUT2D eigenvalue weighted by atomic mass is 10.0. The molecule has 2 aliphatic heterocycles. The zero-order chi connectivity index (χ0) is 9.26. The Morgan fingerprint density at radius 2 is 1.77 bits per heavy atom. The third-order valence-electron chi connectivity index (χ3n) is 3.04. The van der Waals surface area contributed by atoms with Gasteiger partial charge in [0.2, 0.25) is 0 Å². The van der Waals surface area contributed by atoms with Crippen molar-refractivity contribution >= 4 is 6.09 Å². The second kappa shape index (κ2) is 3.54. The lowest BCUT2D eigenvalue weighted by Gasteiger charge is -2.45. The van der Waals surface area contributed by atoms with E-state index in [0.29, 0.717) is 6.04 Å². The van der Waals surface area contributed by atoms with Gasteiger partial charge in [0.15, 0.2) is 0 Å². The van der Waals surface area contributed by atoms with Gasteiger partial charge < -0.3 is 10.0 Å². The van der Waals surface area contributed by atoms with Crippen LogP contribution in [0.1, 0.15) is 19.3 Å². The molecule has 2 saturated heterocycles. The molecule has 2 fully saturated rings. The first-order valence-corrected chi connectivity index (χ1v) is 4.99. The Morgan fingerprint density at radius 3 is 2.31 bits per heavy atom. The van der Waals surface area contributed by atoms with Crippen LogP contribution in [-0.2, 0) is 0 Å². The molecule has 2 aliphatic rings. The molecular formula is C9H16N2O2. The smallest absolute Gasteiger partial charge is 0.407 e. The van der Waals surface area contributed by atoms with Crippen LogP contribution in [0, 0.1) is 0 Å². The van der Waals surface area contributed by atoms with Gasteiger partial charge in [0.05, 0.1) is 0 Å². The fraction of sp³-hybridized carbons (Fsp3) is 0.889. The molecule has 4 heteroatoms. The van der Waals surface area contributed by atoms with Crippen LogP contribution in [0.2, 0.25) is 0 Å². The highest BCUT2D eigenvalue weighted by molar-refractivity contribution is 5.66. The molecule has 1 N–H and O–H groups in total. The maximum atomic E-state index is 10.5. The van der Waals surface area contributed by atoms with Gasteiger partial charge >= 0.3 is 6.09 Å². The summed E-state index contributed by atoms with van der Waals surface area (Å²) in [5.41, 5.74) is 0. The van der Waals surface area contributed by atoms with Gasteiger partial charge in [0, 0.05) is 19.1 Å². The third kappa shape index (κ3) is 1.77. The van der Waals surface area contributed by atoms with Crippen LogP contribution in [0.15, 0.2) is 0 Å². The van der Waals surface area contributed by atoms with Crippen molar-refractivity contribution in [2.24, 2.45) is 0 Å². The molecule has 4 nitrogen and oxygen atoms in total. The molecular weight excluding hydrogens is 168 g/mol. The SMILES string of the molecule is O=C(O)N1CC(N2CCCCC2)C1. The highest BCUT2D eigenvalue weighted by atomic mass is 16.4. The quantitative estimate of drug-likeness (QED) is 0.656. The topological polar surface area (TPSA) is 43.8 Å². The normalized spacial score (nSPS) is 25.7. The van der Waals surface area contributed by atoms with Gasteiger partial charge in [0.1, 0.15) is 0 Å². The molecule has 0 saturated carbocycles. The Balaban J connectivity index is 1.75. The van der Waals surface area contributed by atoms with Crippen molar-refractivity contribution in [2.45, 2.75) is 25.3 Å². The van der Waals surface area contributed by atoms with E-state index in [0.717, 1.165) is 26.2 Å². The lowest BCUT2D eigenvalue weighted by molar-refractivity contribution is 0.0279. The molecule has 0 aliphatic carbocycles. The largest absolute Gasteiger partial charge is 0.465 e. The van der Waals surface area contributed by atoms with Gasteiger partial charge in [-0.05, 0) is 25.9 Å². The van der Waals surface area contributed by atoms with E-state index >= 15 is 0 Å². The monoisotopic (exact) mass is 184 g/mol. The van der Waals surface area contributed by atoms with Crippen molar-refractivity contribution in [3.63, 3.8) is 0 Å². The standard InChI is InChI=1S/C9H16N2O2/c12-9(13)11-6-8(7-11)10-4-2-1-3-5-10/h8H,1-7H2,(H,12,13). The van der Waals surface area contributed by atoms with E-state index in [1.54, 1.807) is 0 Å². The molecule has 74 valence electrons.